The molecule has 1 amide bonds. The number of amides is 1. The summed E-state index contributed by atoms with van der Waals surface area (Å²) in [6.45, 7) is 1.56. The van der Waals surface area contributed by atoms with Crippen molar-refractivity contribution in [2.24, 2.45) is 0 Å². The Hall–Kier alpha value is -1.77. The SMILES string of the molecule is O=C(Cc1[nH]c(=S)n2c1[C@@H]1C[C@]1(c1c(F)ccc(Cl)c1F)C2)N[C@@H]1CCOC1. The molecule has 1 saturated heterocycles. The molecule has 3 heterocycles. The quantitative estimate of drug-likeness (QED) is 0.583. The highest BCUT2D eigenvalue weighted by Gasteiger charge is 2.64. The van der Waals surface area contributed by atoms with E-state index in [9.17, 15) is 13.6 Å². The number of carbonyl (C=O) groups is 1. The summed E-state index contributed by atoms with van der Waals surface area (Å²) in [4.78, 5) is 15.5. The summed E-state index contributed by atoms with van der Waals surface area (Å²) < 4.78 is 36.8. The van der Waals surface area contributed by atoms with Gasteiger partial charge in [0.2, 0.25) is 5.91 Å². The van der Waals surface area contributed by atoms with Gasteiger partial charge in [-0.1, -0.05) is 11.6 Å². The fraction of sp³-hybridized carbons (Fsp3) is 0.474. The van der Waals surface area contributed by atoms with Crippen LogP contribution in [0.4, 0.5) is 8.78 Å². The first-order chi connectivity index (χ1) is 13.4. The van der Waals surface area contributed by atoms with E-state index < -0.39 is 17.0 Å². The highest BCUT2D eigenvalue weighted by atomic mass is 35.5. The number of aromatic amines is 1. The molecule has 2 aliphatic heterocycles. The molecular formula is C19H18ClF2N3O2S. The minimum atomic E-state index is -0.703. The Morgan fingerprint density at radius 3 is 3.04 bits per heavy atom. The Balaban J connectivity index is 1.44. The van der Waals surface area contributed by atoms with Crippen LogP contribution < -0.4 is 5.32 Å². The number of nitrogens with zero attached hydrogens (tertiary/aromatic N) is 1. The second-order valence-electron chi connectivity index (χ2n) is 7.82. The molecule has 9 heteroatoms. The van der Waals surface area contributed by atoms with Crippen molar-refractivity contribution in [2.75, 3.05) is 13.2 Å². The maximum Gasteiger partial charge on any atom is 0.226 e. The van der Waals surface area contributed by atoms with Gasteiger partial charge in [-0.25, -0.2) is 8.78 Å². The van der Waals surface area contributed by atoms with Gasteiger partial charge in [0, 0.05) is 41.4 Å². The predicted molar refractivity (Wildman–Crippen MR) is 101 cm³/mol. The molecule has 1 aromatic carbocycles. The molecule has 5 rings (SSSR count). The number of ether oxygens (including phenoxy) is 1. The molecule has 1 saturated carbocycles. The number of H-pyrrole nitrogens is 1. The summed E-state index contributed by atoms with van der Waals surface area (Å²) in [6.07, 6.45) is 1.56. The third-order valence-electron chi connectivity index (χ3n) is 6.12. The summed E-state index contributed by atoms with van der Waals surface area (Å²) in [5.41, 5.74) is 0.943. The van der Waals surface area contributed by atoms with Crippen LogP contribution in [0, 0.1) is 16.4 Å². The Labute approximate surface area is 170 Å². The van der Waals surface area contributed by atoms with E-state index in [0.29, 0.717) is 36.6 Å². The fourth-order valence-corrected chi connectivity index (χ4v) is 5.21. The first-order valence-electron chi connectivity index (χ1n) is 9.23. The van der Waals surface area contributed by atoms with Gasteiger partial charge in [-0.2, -0.15) is 0 Å². The molecule has 28 heavy (non-hydrogen) atoms. The Morgan fingerprint density at radius 2 is 2.29 bits per heavy atom. The molecule has 0 spiro atoms. The molecule has 0 bridgehead atoms. The van der Waals surface area contributed by atoms with Crippen LogP contribution >= 0.6 is 23.8 Å². The average molecular weight is 426 g/mol. The smallest absolute Gasteiger partial charge is 0.226 e. The van der Waals surface area contributed by atoms with Crippen LogP contribution in [0.2, 0.25) is 5.02 Å². The Bertz CT molecular complexity index is 1050. The number of benzene rings is 1. The van der Waals surface area contributed by atoms with E-state index in [0.717, 1.165) is 12.1 Å². The zero-order valence-electron chi connectivity index (χ0n) is 14.9. The van der Waals surface area contributed by atoms with Crippen molar-refractivity contribution >= 4 is 29.7 Å². The normalized spacial score (nSPS) is 27.5. The van der Waals surface area contributed by atoms with Crippen LogP contribution in [0.1, 0.15) is 35.7 Å². The van der Waals surface area contributed by atoms with Crippen molar-refractivity contribution < 1.29 is 18.3 Å². The Kier molecular flexibility index (Phi) is 4.16. The standard InChI is InChI=1S/C19H18ClF2N3O2S/c20-11-1-2-12(21)15(16(11)22)19-6-10(19)17-13(24-18(28)25(17)8-19)5-14(26)23-9-3-4-27-7-9/h1-2,9-10H,3-8H2,(H,23,26)(H,24,28)/t9-,10+,19+/m1/s1. The van der Waals surface area contributed by atoms with Gasteiger partial charge in [0.25, 0.3) is 0 Å². The number of imidazole rings is 1. The average Bonchev–Trinajstić information content (AvgIpc) is 2.98. The summed E-state index contributed by atoms with van der Waals surface area (Å²) in [5, 5.41) is 2.87. The van der Waals surface area contributed by atoms with E-state index in [1.54, 1.807) is 0 Å². The zero-order valence-corrected chi connectivity index (χ0v) is 16.4. The van der Waals surface area contributed by atoms with Crippen molar-refractivity contribution in [3.05, 3.63) is 50.5 Å². The zero-order chi connectivity index (χ0) is 19.6. The minimum Gasteiger partial charge on any atom is -0.379 e. The third-order valence-corrected chi connectivity index (χ3v) is 6.74. The highest BCUT2D eigenvalue weighted by molar-refractivity contribution is 7.71. The molecule has 0 unspecified atom stereocenters. The molecule has 2 N–H and O–H groups in total. The van der Waals surface area contributed by atoms with Gasteiger partial charge < -0.3 is 19.6 Å². The van der Waals surface area contributed by atoms with Gasteiger partial charge in [0.1, 0.15) is 11.6 Å². The van der Waals surface area contributed by atoms with Crippen molar-refractivity contribution in [1.82, 2.24) is 14.9 Å². The number of hydrogen-bond donors (Lipinski definition) is 2. The lowest BCUT2D eigenvalue weighted by atomic mass is 9.93. The number of rotatable bonds is 4. The molecule has 0 radical (unpaired) electrons. The molecular weight excluding hydrogens is 408 g/mol. The van der Waals surface area contributed by atoms with Crippen LogP contribution in [0.25, 0.3) is 0 Å². The molecule has 2 aromatic rings. The van der Waals surface area contributed by atoms with Crippen LogP contribution in [-0.2, 0) is 27.9 Å². The molecule has 3 atom stereocenters. The van der Waals surface area contributed by atoms with Crippen molar-refractivity contribution in [1.29, 1.82) is 0 Å². The van der Waals surface area contributed by atoms with E-state index in [4.69, 9.17) is 28.6 Å². The van der Waals surface area contributed by atoms with Crippen LogP contribution in [0.5, 0.6) is 0 Å². The van der Waals surface area contributed by atoms with Crippen LogP contribution in [0.15, 0.2) is 12.1 Å². The summed E-state index contributed by atoms with van der Waals surface area (Å²) in [5.74, 6) is -1.50. The first kappa shape index (κ1) is 18.3. The number of aromatic nitrogens is 2. The lowest BCUT2D eigenvalue weighted by Gasteiger charge is -2.16. The number of halogens is 3. The van der Waals surface area contributed by atoms with Crippen molar-refractivity contribution in [3.8, 4) is 0 Å². The highest BCUT2D eigenvalue weighted by Crippen LogP contribution is 2.67. The van der Waals surface area contributed by atoms with Crippen molar-refractivity contribution in [3.63, 3.8) is 0 Å². The van der Waals surface area contributed by atoms with Gasteiger partial charge >= 0.3 is 0 Å². The van der Waals surface area contributed by atoms with Crippen LogP contribution in [-0.4, -0.2) is 34.7 Å². The van der Waals surface area contributed by atoms with E-state index in [2.05, 4.69) is 10.3 Å². The topological polar surface area (TPSA) is 59.0 Å². The number of nitrogens with one attached hydrogen (secondary N) is 2. The van der Waals surface area contributed by atoms with Gasteiger partial charge in [0.15, 0.2) is 4.77 Å². The van der Waals surface area contributed by atoms with E-state index in [-0.39, 0.29) is 34.9 Å². The molecule has 1 aliphatic carbocycles. The molecule has 3 aliphatic rings. The summed E-state index contributed by atoms with van der Waals surface area (Å²) in [6, 6.07) is 2.46. The third kappa shape index (κ3) is 2.65. The summed E-state index contributed by atoms with van der Waals surface area (Å²) in [7, 11) is 0. The number of hydrogen-bond acceptors (Lipinski definition) is 3. The molecule has 1 aromatic heterocycles. The fourth-order valence-electron chi connectivity index (χ4n) is 4.77. The second-order valence-corrected chi connectivity index (χ2v) is 8.61. The van der Waals surface area contributed by atoms with Crippen molar-refractivity contribution in [2.45, 2.75) is 43.2 Å². The molecule has 5 nitrogen and oxygen atoms in total. The first-order valence-corrected chi connectivity index (χ1v) is 10.0. The van der Waals surface area contributed by atoms with Gasteiger partial charge in [0.05, 0.1) is 24.1 Å². The predicted octanol–water partition coefficient (Wildman–Crippen LogP) is 3.36. The Morgan fingerprint density at radius 1 is 1.46 bits per heavy atom. The van der Waals surface area contributed by atoms with Gasteiger partial charge in [-0.3, -0.25) is 4.79 Å². The lowest BCUT2D eigenvalue weighted by molar-refractivity contribution is -0.121. The summed E-state index contributed by atoms with van der Waals surface area (Å²) >= 11 is 11.3. The molecule has 2 fully saturated rings. The number of fused-ring (bicyclic) bond motifs is 3. The maximum absolute atomic E-state index is 14.7. The minimum absolute atomic E-state index is 0.0285. The van der Waals surface area contributed by atoms with Gasteiger partial charge in [-0.15, -0.1) is 0 Å². The van der Waals surface area contributed by atoms with Crippen LogP contribution in [0.3, 0.4) is 0 Å². The van der Waals surface area contributed by atoms with E-state index in [1.807, 2.05) is 4.57 Å². The largest absolute Gasteiger partial charge is 0.379 e. The second kappa shape index (κ2) is 6.37. The monoisotopic (exact) mass is 425 g/mol. The lowest BCUT2D eigenvalue weighted by Crippen LogP contribution is -2.36. The van der Waals surface area contributed by atoms with E-state index in [1.165, 1.54) is 12.1 Å². The van der Waals surface area contributed by atoms with E-state index >= 15 is 0 Å². The van der Waals surface area contributed by atoms with Gasteiger partial charge in [-0.05, 0) is 37.2 Å². The maximum atomic E-state index is 14.7. The number of carbonyl (C=O) groups excluding carboxylic acids is 1. The molecule has 148 valence electrons.